The highest BCUT2D eigenvalue weighted by Crippen LogP contribution is 2.18. The lowest BCUT2D eigenvalue weighted by Crippen LogP contribution is -2.37. The van der Waals surface area contributed by atoms with E-state index in [4.69, 9.17) is 21.0 Å². The second kappa shape index (κ2) is 10.5. The fourth-order valence-corrected chi connectivity index (χ4v) is 3.21. The number of halogens is 2. The molecular weight excluding hydrogens is 389 g/mol. The van der Waals surface area contributed by atoms with Gasteiger partial charge in [-0.15, -0.1) is 0 Å². The van der Waals surface area contributed by atoms with Crippen molar-refractivity contribution in [3.63, 3.8) is 0 Å². The van der Waals surface area contributed by atoms with Crippen LogP contribution in [0.25, 0.3) is 0 Å². The molecule has 3 rings (SSSR count). The second-order valence-electron chi connectivity index (χ2n) is 6.52. The van der Waals surface area contributed by atoms with Crippen LogP contribution in [0, 0.1) is 5.82 Å². The van der Waals surface area contributed by atoms with Crippen molar-refractivity contribution >= 4 is 17.3 Å². The summed E-state index contributed by atoms with van der Waals surface area (Å²) in [5, 5.41) is 23.8. The van der Waals surface area contributed by atoms with Crippen LogP contribution in [0.1, 0.15) is 23.4 Å². The number of benzene rings is 1. The summed E-state index contributed by atoms with van der Waals surface area (Å²) >= 11 is 5.81. The molecule has 0 unspecified atom stereocenters. The van der Waals surface area contributed by atoms with E-state index >= 15 is 0 Å². The molecule has 0 spiro atoms. The van der Waals surface area contributed by atoms with Crippen LogP contribution in [-0.2, 0) is 17.7 Å². The summed E-state index contributed by atoms with van der Waals surface area (Å²) in [5.74, 6) is -0.502. The SMILES string of the molecule is ON=C(Cc1ccc(F)c(Cl)c1)c1nonc1CNCCCN1CCOCC1. The molecule has 0 saturated carbocycles. The number of morpholine rings is 1. The molecule has 1 aliphatic rings. The van der Waals surface area contributed by atoms with Gasteiger partial charge in [-0.3, -0.25) is 4.90 Å². The zero-order chi connectivity index (χ0) is 19.8. The first-order valence-electron chi connectivity index (χ1n) is 9.15. The third-order valence-corrected chi connectivity index (χ3v) is 4.82. The number of nitrogens with zero attached hydrogens (tertiary/aromatic N) is 4. The smallest absolute Gasteiger partial charge is 0.157 e. The number of aromatic nitrogens is 2. The zero-order valence-corrected chi connectivity index (χ0v) is 16.2. The summed E-state index contributed by atoms with van der Waals surface area (Å²) < 4.78 is 23.5. The first-order valence-corrected chi connectivity index (χ1v) is 9.52. The second-order valence-corrected chi connectivity index (χ2v) is 6.92. The van der Waals surface area contributed by atoms with Gasteiger partial charge in [-0.2, -0.15) is 0 Å². The van der Waals surface area contributed by atoms with Gasteiger partial charge in [-0.1, -0.05) is 28.0 Å². The molecule has 152 valence electrons. The van der Waals surface area contributed by atoms with Crippen LogP contribution < -0.4 is 5.32 Å². The molecule has 1 saturated heterocycles. The number of hydrogen-bond acceptors (Lipinski definition) is 8. The average molecular weight is 412 g/mol. The number of hydrogen-bond donors (Lipinski definition) is 2. The number of rotatable bonds is 9. The summed E-state index contributed by atoms with van der Waals surface area (Å²) in [4.78, 5) is 2.37. The van der Waals surface area contributed by atoms with Gasteiger partial charge in [0.25, 0.3) is 0 Å². The van der Waals surface area contributed by atoms with Gasteiger partial charge >= 0.3 is 0 Å². The Morgan fingerprint density at radius 2 is 2.14 bits per heavy atom. The Morgan fingerprint density at radius 3 is 2.89 bits per heavy atom. The van der Waals surface area contributed by atoms with Crippen molar-refractivity contribution in [3.8, 4) is 0 Å². The van der Waals surface area contributed by atoms with Gasteiger partial charge in [0.1, 0.15) is 17.2 Å². The number of ether oxygens (including phenoxy) is 1. The van der Waals surface area contributed by atoms with Gasteiger partial charge in [0, 0.05) is 26.1 Å². The normalized spacial score (nSPS) is 15.9. The van der Waals surface area contributed by atoms with E-state index < -0.39 is 5.82 Å². The van der Waals surface area contributed by atoms with Gasteiger partial charge < -0.3 is 15.3 Å². The van der Waals surface area contributed by atoms with Crippen molar-refractivity contribution in [1.82, 2.24) is 20.5 Å². The summed E-state index contributed by atoms with van der Waals surface area (Å²) in [7, 11) is 0. The molecule has 0 radical (unpaired) electrons. The van der Waals surface area contributed by atoms with E-state index in [9.17, 15) is 9.60 Å². The molecule has 2 heterocycles. The molecular formula is C18H23ClFN5O3. The molecule has 28 heavy (non-hydrogen) atoms. The zero-order valence-electron chi connectivity index (χ0n) is 15.4. The van der Waals surface area contributed by atoms with E-state index in [1.165, 1.54) is 12.1 Å². The fourth-order valence-electron chi connectivity index (χ4n) is 3.01. The molecule has 0 atom stereocenters. The Bertz CT molecular complexity index is 795. The maximum atomic E-state index is 13.3. The van der Waals surface area contributed by atoms with Crippen LogP contribution in [0.4, 0.5) is 4.39 Å². The van der Waals surface area contributed by atoms with Crippen LogP contribution in [0.15, 0.2) is 28.0 Å². The predicted molar refractivity (Wildman–Crippen MR) is 101 cm³/mol. The standard InChI is InChI=1S/C18H23ClFN5O3/c19-14-10-13(2-3-15(14)20)11-16(22-26)18-17(23-28-24-18)12-21-4-1-5-25-6-8-27-9-7-25/h2-3,10,21,26H,1,4-9,11-12H2. The Kier molecular flexibility index (Phi) is 7.72. The Balaban J connectivity index is 1.50. The molecule has 0 bridgehead atoms. The Labute approximate surface area is 167 Å². The fraction of sp³-hybridized carbons (Fsp3) is 0.500. The van der Waals surface area contributed by atoms with Crippen molar-refractivity contribution in [2.75, 3.05) is 39.4 Å². The minimum atomic E-state index is -0.502. The van der Waals surface area contributed by atoms with Crippen LogP contribution in [0.2, 0.25) is 5.02 Å². The van der Waals surface area contributed by atoms with Crippen LogP contribution in [0.5, 0.6) is 0 Å². The number of oxime groups is 1. The first-order chi connectivity index (χ1) is 13.7. The molecule has 10 heteroatoms. The van der Waals surface area contributed by atoms with Gasteiger partial charge in [-0.05, 0) is 42.4 Å². The van der Waals surface area contributed by atoms with E-state index in [1.807, 2.05) is 0 Å². The van der Waals surface area contributed by atoms with E-state index in [2.05, 4.69) is 25.7 Å². The third-order valence-electron chi connectivity index (χ3n) is 4.53. The van der Waals surface area contributed by atoms with Gasteiger partial charge in [0.05, 0.1) is 18.2 Å². The molecule has 0 amide bonds. The minimum Gasteiger partial charge on any atom is -0.411 e. The first kappa shape index (κ1) is 20.7. The highest BCUT2D eigenvalue weighted by molar-refractivity contribution is 6.30. The lowest BCUT2D eigenvalue weighted by molar-refractivity contribution is 0.0374. The summed E-state index contributed by atoms with van der Waals surface area (Å²) in [6, 6.07) is 4.33. The summed E-state index contributed by atoms with van der Waals surface area (Å²) in [5.41, 5.74) is 1.87. The molecule has 2 N–H and O–H groups in total. The monoisotopic (exact) mass is 411 g/mol. The van der Waals surface area contributed by atoms with Crippen LogP contribution in [0.3, 0.4) is 0 Å². The summed E-state index contributed by atoms with van der Waals surface area (Å²) in [6.45, 7) is 5.79. The van der Waals surface area contributed by atoms with Gasteiger partial charge in [0.15, 0.2) is 5.69 Å². The molecule has 1 aromatic heterocycles. The molecule has 2 aromatic rings. The lowest BCUT2D eigenvalue weighted by Gasteiger charge is -2.26. The van der Waals surface area contributed by atoms with Crippen LogP contribution >= 0.6 is 11.6 Å². The highest BCUT2D eigenvalue weighted by atomic mass is 35.5. The predicted octanol–water partition coefficient (Wildman–Crippen LogP) is 2.09. The molecule has 1 aliphatic heterocycles. The lowest BCUT2D eigenvalue weighted by atomic mass is 10.1. The largest absolute Gasteiger partial charge is 0.411 e. The van der Waals surface area contributed by atoms with E-state index in [1.54, 1.807) is 6.07 Å². The van der Waals surface area contributed by atoms with Crippen molar-refractivity contribution < 1.29 is 19.0 Å². The Hall–Kier alpha value is -2.07. The van der Waals surface area contributed by atoms with Crippen molar-refractivity contribution in [2.45, 2.75) is 19.4 Å². The summed E-state index contributed by atoms with van der Waals surface area (Å²) in [6.07, 6.45) is 1.21. The molecule has 8 nitrogen and oxygen atoms in total. The van der Waals surface area contributed by atoms with E-state index in [0.29, 0.717) is 23.5 Å². The minimum absolute atomic E-state index is 0.00947. The Morgan fingerprint density at radius 1 is 1.32 bits per heavy atom. The maximum absolute atomic E-state index is 13.3. The topological polar surface area (TPSA) is 96.0 Å². The van der Waals surface area contributed by atoms with E-state index in [0.717, 1.165) is 45.8 Å². The maximum Gasteiger partial charge on any atom is 0.157 e. The van der Waals surface area contributed by atoms with Gasteiger partial charge in [0.2, 0.25) is 0 Å². The third kappa shape index (κ3) is 5.71. The molecule has 1 fully saturated rings. The quantitative estimate of drug-likeness (QED) is 0.282. The highest BCUT2D eigenvalue weighted by Gasteiger charge is 2.18. The van der Waals surface area contributed by atoms with Gasteiger partial charge in [-0.25, -0.2) is 9.02 Å². The van der Waals surface area contributed by atoms with Crippen molar-refractivity contribution in [2.24, 2.45) is 5.16 Å². The van der Waals surface area contributed by atoms with Crippen molar-refractivity contribution in [3.05, 3.63) is 46.0 Å². The van der Waals surface area contributed by atoms with Crippen LogP contribution in [-0.4, -0.2) is 65.5 Å². The average Bonchev–Trinajstić information content (AvgIpc) is 3.17. The van der Waals surface area contributed by atoms with Crippen molar-refractivity contribution in [1.29, 1.82) is 0 Å². The molecule has 1 aromatic carbocycles. The number of nitrogens with one attached hydrogen (secondary N) is 1. The van der Waals surface area contributed by atoms with E-state index in [-0.39, 0.29) is 17.2 Å². The molecule has 0 aliphatic carbocycles.